The Morgan fingerprint density at radius 2 is 1.93 bits per heavy atom. The number of halogens is 2. The summed E-state index contributed by atoms with van der Waals surface area (Å²) in [6.45, 7) is 3.14. The van der Waals surface area contributed by atoms with E-state index in [9.17, 15) is 4.79 Å². The average Bonchev–Trinajstić information content (AvgIpc) is 3.10. The van der Waals surface area contributed by atoms with Crippen LogP contribution in [0.5, 0.6) is 0 Å². The van der Waals surface area contributed by atoms with Gasteiger partial charge in [-0.2, -0.15) is 0 Å². The minimum atomic E-state index is -0.925. The van der Waals surface area contributed by atoms with Gasteiger partial charge in [-0.25, -0.2) is 9.97 Å². The van der Waals surface area contributed by atoms with Crippen LogP contribution in [0.1, 0.15) is 31.4 Å². The molecule has 4 N–H and O–H groups in total. The van der Waals surface area contributed by atoms with E-state index in [0.29, 0.717) is 41.6 Å². The monoisotopic (exact) mass is 432 g/mol. The van der Waals surface area contributed by atoms with Crippen LogP contribution in [-0.4, -0.2) is 39.5 Å². The van der Waals surface area contributed by atoms with Crippen LogP contribution in [0.3, 0.4) is 0 Å². The first kappa shape index (κ1) is 19.9. The highest BCUT2D eigenvalue weighted by Gasteiger charge is 2.39. The SMILES string of the molecule is C[C@H](NC(=O)C1(N)CCN(c2ncnc3[nH]cc(Cl)c23)CC1)c1ccc(Cl)cc1. The van der Waals surface area contributed by atoms with Crippen LogP contribution in [0.25, 0.3) is 11.0 Å². The van der Waals surface area contributed by atoms with E-state index >= 15 is 0 Å². The number of carbonyl (C=O) groups is 1. The molecule has 29 heavy (non-hydrogen) atoms. The maximum absolute atomic E-state index is 12.9. The molecule has 152 valence electrons. The largest absolute Gasteiger partial charge is 0.356 e. The molecule has 9 heteroatoms. The molecule has 1 saturated heterocycles. The van der Waals surface area contributed by atoms with Crippen LogP contribution < -0.4 is 16.0 Å². The third kappa shape index (κ3) is 3.90. The molecule has 3 heterocycles. The van der Waals surface area contributed by atoms with Crippen molar-refractivity contribution in [3.05, 3.63) is 52.4 Å². The summed E-state index contributed by atoms with van der Waals surface area (Å²) >= 11 is 12.2. The number of aromatic nitrogens is 3. The van der Waals surface area contributed by atoms with E-state index in [1.165, 1.54) is 6.33 Å². The number of aromatic amines is 1. The Kier molecular flexibility index (Phi) is 5.38. The number of carbonyl (C=O) groups excluding carboxylic acids is 1. The number of nitrogens with two attached hydrogens (primary N) is 1. The Labute approximate surface area is 178 Å². The predicted octanol–water partition coefficient (Wildman–Crippen LogP) is 3.44. The molecule has 0 spiro atoms. The molecule has 0 aliphatic carbocycles. The zero-order chi connectivity index (χ0) is 20.6. The summed E-state index contributed by atoms with van der Waals surface area (Å²) in [5.41, 5.74) is 7.24. The first-order valence-electron chi connectivity index (χ1n) is 9.45. The Hall–Kier alpha value is -2.35. The van der Waals surface area contributed by atoms with Gasteiger partial charge in [0.05, 0.1) is 22.0 Å². The summed E-state index contributed by atoms with van der Waals surface area (Å²) in [5.74, 6) is 0.616. The van der Waals surface area contributed by atoms with E-state index in [0.717, 1.165) is 16.8 Å². The Morgan fingerprint density at radius 3 is 2.62 bits per heavy atom. The normalized spacial score (nSPS) is 17.3. The summed E-state index contributed by atoms with van der Waals surface area (Å²) in [5, 5.41) is 5.07. The van der Waals surface area contributed by atoms with Gasteiger partial charge < -0.3 is 20.9 Å². The van der Waals surface area contributed by atoms with Crippen molar-refractivity contribution in [3.8, 4) is 0 Å². The maximum atomic E-state index is 12.9. The molecule has 7 nitrogen and oxygen atoms in total. The zero-order valence-corrected chi connectivity index (χ0v) is 17.5. The number of piperidine rings is 1. The molecule has 0 saturated carbocycles. The number of hydrogen-bond acceptors (Lipinski definition) is 5. The molecule has 1 aromatic carbocycles. The second kappa shape index (κ2) is 7.82. The fourth-order valence-corrected chi connectivity index (χ4v) is 4.02. The van der Waals surface area contributed by atoms with E-state index in [2.05, 4.69) is 25.2 Å². The third-order valence-electron chi connectivity index (χ3n) is 5.53. The van der Waals surface area contributed by atoms with Crippen LogP contribution in [-0.2, 0) is 4.79 Å². The summed E-state index contributed by atoms with van der Waals surface area (Å²) in [4.78, 5) is 26.7. The number of rotatable bonds is 4. The number of amides is 1. The number of fused-ring (bicyclic) bond motifs is 1. The summed E-state index contributed by atoms with van der Waals surface area (Å²) < 4.78 is 0. The van der Waals surface area contributed by atoms with Crippen LogP contribution >= 0.6 is 23.2 Å². The maximum Gasteiger partial charge on any atom is 0.240 e. The minimum absolute atomic E-state index is 0.146. The molecule has 1 aliphatic heterocycles. The molecule has 1 aliphatic rings. The number of nitrogens with zero attached hydrogens (tertiary/aromatic N) is 3. The van der Waals surface area contributed by atoms with Crippen molar-refractivity contribution in [2.45, 2.75) is 31.3 Å². The molecule has 1 amide bonds. The van der Waals surface area contributed by atoms with E-state index in [1.54, 1.807) is 6.20 Å². The van der Waals surface area contributed by atoms with Crippen LogP contribution in [0.15, 0.2) is 36.8 Å². The lowest BCUT2D eigenvalue weighted by atomic mass is 9.87. The second-order valence-corrected chi connectivity index (χ2v) is 8.29. The van der Waals surface area contributed by atoms with Gasteiger partial charge in [0.15, 0.2) is 0 Å². The van der Waals surface area contributed by atoms with Gasteiger partial charge in [0.25, 0.3) is 0 Å². The van der Waals surface area contributed by atoms with Gasteiger partial charge in [0.2, 0.25) is 5.91 Å². The van der Waals surface area contributed by atoms with Gasteiger partial charge >= 0.3 is 0 Å². The zero-order valence-electron chi connectivity index (χ0n) is 16.0. The van der Waals surface area contributed by atoms with Gasteiger partial charge in [0.1, 0.15) is 17.8 Å². The fourth-order valence-electron chi connectivity index (χ4n) is 3.67. The fraction of sp³-hybridized carbons (Fsp3) is 0.350. The first-order chi connectivity index (χ1) is 13.9. The number of anilines is 1. The number of nitrogens with one attached hydrogen (secondary N) is 2. The topological polar surface area (TPSA) is 99.9 Å². The molecule has 0 bridgehead atoms. The van der Waals surface area contributed by atoms with Gasteiger partial charge in [-0.05, 0) is 37.5 Å². The molecule has 1 fully saturated rings. The Bertz CT molecular complexity index is 1030. The molecule has 1 atom stereocenters. The molecule has 0 radical (unpaired) electrons. The molecule has 4 rings (SSSR count). The number of benzene rings is 1. The van der Waals surface area contributed by atoms with E-state index in [-0.39, 0.29) is 11.9 Å². The highest BCUT2D eigenvalue weighted by atomic mass is 35.5. The van der Waals surface area contributed by atoms with Crippen molar-refractivity contribution >= 4 is 46.0 Å². The van der Waals surface area contributed by atoms with Crippen molar-refractivity contribution < 1.29 is 4.79 Å². The third-order valence-corrected chi connectivity index (χ3v) is 6.08. The van der Waals surface area contributed by atoms with Crippen molar-refractivity contribution in [3.63, 3.8) is 0 Å². The smallest absolute Gasteiger partial charge is 0.240 e. The van der Waals surface area contributed by atoms with Crippen molar-refractivity contribution in [2.24, 2.45) is 5.73 Å². The second-order valence-electron chi connectivity index (χ2n) is 7.45. The summed E-state index contributed by atoms with van der Waals surface area (Å²) in [6, 6.07) is 7.27. The lowest BCUT2D eigenvalue weighted by Crippen LogP contribution is -2.60. The molecular formula is C20H22Cl2N6O. The molecule has 2 aromatic heterocycles. The predicted molar refractivity (Wildman–Crippen MR) is 115 cm³/mol. The number of hydrogen-bond donors (Lipinski definition) is 3. The van der Waals surface area contributed by atoms with E-state index in [4.69, 9.17) is 28.9 Å². The minimum Gasteiger partial charge on any atom is -0.356 e. The van der Waals surface area contributed by atoms with E-state index in [1.807, 2.05) is 31.2 Å². The van der Waals surface area contributed by atoms with Crippen molar-refractivity contribution in [1.82, 2.24) is 20.3 Å². The Morgan fingerprint density at radius 1 is 1.24 bits per heavy atom. The van der Waals surface area contributed by atoms with Crippen molar-refractivity contribution in [2.75, 3.05) is 18.0 Å². The standard InChI is InChI=1S/C20H22Cl2N6O/c1-12(13-2-4-14(21)5-3-13)27-19(29)20(23)6-8-28(9-7-20)18-16-15(22)10-24-17(16)25-11-26-18/h2-5,10-12H,6-9,23H2,1H3,(H,27,29)(H,24,25,26)/t12-/m0/s1. The molecular weight excluding hydrogens is 411 g/mol. The highest BCUT2D eigenvalue weighted by Crippen LogP contribution is 2.32. The van der Waals surface area contributed by atoms with Gasteiger partial charge in [-0.1, -0.05) is 35.3 Å². The van der Waals surface area contributed by atoms with Gasteiger partial charge in [-0.15, -0.1) is 0 Å². The van der Waals surface area contributed by atoms with Gasteiger partial charge in [-0.3, -0.25) is 4.79 Å². The lowest BCUT2D eigenvalue weighted by molar-refractivity contribution is -0.127. The lowest BCUT2D eigenvalue weighted by Gasteiger charge is -2.39. The molecule has 0 unspecified atom stereocenters. The Balaban J connectivity index is 1.44. The quantitative estimate of drug-likeness (QED) is 0.586. The van der Waals surface area contributed by atoms with Gasteiger partial charge in [0, 0.05) is 24.3 Å². The average molecular weight is 433 g/mol. The van der Waals surface area contributed by atoms with Crippen LogP contribution in [0.4, 0.5) is 5.82 Å². The molecule has 3 aromatic rings. The van der Waals surface area contributed by atoms with E-state index < -0.39 is 5.54 Å². The highest BCUT2D eigenvalue weighted by molar-refractivity contribution is 6.36. The van der Waals surface area contributed by atoms with Crippen LogP contribution in [0, 0.1) is 0 Å². The number of H-pyrrole nitrogens is 1. The van der Waals surface area contributed by atoms with Crippen molar-refractivity contribution in [1.29, 1.82) is 0 Å². The first-order valence-corrected chi connectivity index (χ1v) is 10.2. The summed E-state index contributed by atoms with van der Waals surface area (Å²) in [6.07, 6.45) is 4.24. The van der Waals surface area contributed by atoms with Crippen LogP contribution in [0.2, 0.25) is 10.0 Å². The summed E-state index contributed by atoms with van der Waals surface area (Å²) in [7, 11) is 0.